The molecule has 5 rings (SSSR count). The summed E-state index contributed by atoms with van der Waals surface area (Å²) < 4.78 is 1.02. The maximum Gasteiger partial charge on any atom is 0.233 e. The molecule has 2 heterocycles. The minimum absolute atomic E-state index is 0.0919. The molecule has 2 bridgehead atoms. The number of allylic oxidation sites excluding steroid dienone is 2. The van der Waals surface area contributed by atoms with Crippen LogP contribution >= 0.6 is 11.3 Å². The number of anilines is 1. The third kappa shape index (κ3) is 2.60. The van der Waals surface area contributed by atoms with Crippen molar-refractivity contribution in [3.8, 4) is 0 Å². The second-order valence-corrected chi connectivity index (χ2v) is 8.65. The van der Waals surface area contributed by atoms with Crippen LogP contribution in [-0.2, 0) is 14.4 Å². The van der Waals surface area contributed by atoms with Gasteiger partial charge in [0.25, 0.3) is 0 Å². The Labute approximate surface area is 160 Å². The molecule has 0 unspecified atom stereocenters. The van der Waals surface area contributed by atoms with E-state index in [1.54, 1.807) is 0 Å². The second kappa shape index (κ2) is 5.99. The van der Waals surface area contributed by atoms with Gasteiger partial charge in [-0.25, -0.2) is 4.98 Å². The maximum atomic E-state index is 12.6. The van der Waals surface area contributed by atoms with E-state index in [0.29, 0.717) is 5.13 Å². The van der Waals surface area contributed by atoms with Gasteiger partial charge in [-0.3, -0.25) is 19.3 Å². The molecule has 1 N–H and O–H groups in total. The summed E-state index contributed by atoms with van der Waals surface area (Å²) in [5, 5.41) is 3.33. The van der Waals surface area contributed by atoms with Gasteiger partial charge in [0.15, 0.2) is 5.13 Å². The number of fused-ring (bicyclic) bond motifs is 6. The first-order valence-electron chi connectivity index (χ1n) is 9.22. The van der Waals surface area contributed by atoms with E-state index in [2.05, 4.69) is 22.5 Å². The fourth-order valence-corrected chi connectivity index (χ4v) is 5.65. The topological polar surface area (TPSA) is 79.4 Å². The number of thiazole rings is 1. The first-order valence-corrected chi connectivity index (χ1v) is 10.0. The second-order valence-electron chi connectivity index (χ2n) is 7.62. The van der Waals surface area contributed by atoms with Crippen molar-refractivity contribution in [2.45, 2.75) is 19.8 Å². The Hall–Kier alpha value is -2.54. The zero-order valence-corrected chi connectivity index (χ0v) is 15.7. The molecule has 1 saturated carbocycles. The number of nitrogens with zero attached hydrogens (tertiary/aromatic N) is 2. The molecule has 1 aromatic carbocycles. The van der Waals surface area contributed by atoms with Gasteiger partial charge in [-0.15, -0.1) is 0 Å². The fraction of sp³-hybridized carbons (Fsp3) is 0.400. The quantitative estimate of drug-likeness (QED) is 0.652. The summed E-state index contributed by atoms with van der Waals surface area (Å²) in [6.45, 7) is 2.15. The van der Waals surface area contributed by atoms with Crippen LogP contribution in [0.1, 0.15) is 18.4 Å². The maximum absolute atomic E-state index is 12.6. The number of rotatable bonds is 4. The lowest BCUT2D eigenvalue weighted by Gasteiger charge is -2.16. The van der Waals surface area contributed by atoms with Crippen LogP contribution in [0.2, 0.25) is 0 Å². The van der Waals surface area contributed by atoms with Crippen LogP contribution in [0.5, 0.6) is 0 Å². The highest BCUT2D eigenvalue weighted by atomic mass is 32.1. The summed E-state index contributed by atoms with van der Waals surface area (Å²) in [4.78, 5) is 43.3. The lowest BCUT2D eigenvalue weighted by molar-refractivity contribution is -0.140. The zero-order valence-electron chi connectivity index (χ0n) is 14.8. The number of hydrogen-bond donors (Lipinski definition) is 1. The van der Waals surface area contributed by atoms with Crippen LogP contribution in [-0.4, -0.2) is 34.2 Å². The van der Waals surface area contributed by atoms with Crippen molar-refractivity contribution in [2.24, 2.45) is 23.7 Å². The molecule has 138 valence electrons. The highest BCUT2D eigenvalue weighted by Gasteiger charge is 2.58. The standard InChI is InChI=1S/C20H19N3O3S/c1-10-2-5-13-14(8-10)27-20(21-13)22-15(24)6-7-23-18(25)16-11-3-4-12(9-11)17(16)19(23)26/h2-5,8,11-12,16-17H,6-7,9H2,1H3,(H,21,22,24)/t11-,12-,16+,17+/m0/s1. The van der Waals surface area contributed by atoms with Gasteiger partial charge in [0.2, 0.25) is 17.7 Å². The smallest absolute Gasteiger partial charge is 0.233 e. The van der Waals surface area contributed by atoms with Gasteiger partial charge in [-0.1, -0.05) is 29.6 Å². The number of hydrogen-bond acceptors (Lipinski definition) is 5. The molecule has 2 aliphatic carbocycles. The van der Waals surface area contributed by atoms with Crippen LogP contribution < -0.4 is 5.32 Å². The van der Waals surface area contributed by atoms with Crippen LogP contribution in [0.3, 0.4) is 0 Å². The molecule has 1 aliphatic heterocycles. The SMILES string of the molecule is Cc1ccc2nc(NC(=O)CCN3C(=O)[C@H]4[C@H](C3=O)[C@H]3C=C[C@H]4C3)sc2c1. The number of carbonyl (C=O) groups is 3. The molecule has 7 heteroatoms. The van der Waals surface area contributed by atoms with E-state index in [1.807, 2.05) is 25.1 Å². The highest BCUT2D eigenvalue weighted by Crippen LogP contribution is 2.52. The van der Waals surface area contributed by atoms with E-state index in [1.165, 1.54) is 16.2 Å². The summed E-state index contributed by atoms with van der Waals surface area (Å²) in [6, 6.07) is 5.95. The number of aromatic nitrogens is 1. The van der Waals surface area contributed by atoms with Gasteiger partial charge in [-0.2, -0.15) is 0 Å². The number of benzene rings is 1. The minimum Gasteiger partial charge on any atom is -0.302 e. The van der Waals surface area contributed by atoms with Gasteiger partial charge in [0.1, 0.15) is 0 Å². The van der Waals surface area contributed by atoms with Crippen molar-refractivity contribution in [2.75, 3.05) is 11.9 Å². The predicted octanol–water partition coefficient (Wildman–Crippen LogP) is 2.74. The zero-order chi connectivity index (χ0) is 18.7. The van der Waals surface area contributed by atoms with Crippen LogP contribution in [0.4, 0.5) is 5.13 Å². The van der Waals surface area contributed by atoms with Gasteiger partial charge >= 0.3 is 0 Å². The number of aryl methyl sites for hydroxylation is 1. The summed E-state index contributed by atoms with van der Waals surface area (Å²) >= 11 is 1.42. The first-order chi connectivity index (χ1) is 13.0. The van der Waals surface area contributed by atoms with Crippen LogP contribution in [0, 0.1) is 30.6 Å². The fourth-order valence-electron chi connectivity index (χ4n) is 4.66. The Morgan fingerprint density at radius 2 is 1.93 bits per heavy atom. The third-order valence-electron chi connectivity index (χ3n) is 5.91. The summed E-state index contributed by atoms with van der Waals surface area (Å²) in [6.07, 6.45) is 5.15. The Balaban J connectivity index is 1.23. The Morgan fingerprint density at radius 1 is 1.22 bits per heavy atom. The van der Waals surface area contributed by atoms with Crippen molar-refractivity contribution in [3.63, 3.8) is 0 Å². The number of imide groups is 1. The molecule has 27 heavy (non-hydrogen) atoms. The van der Waals surface area contributed by atoms with Gasteiger partial charge in [-0.05, 0) is 42.9 Å². The predicted molar refractivity (Wildman–Crippen MR) is 102 cm³/mol. The average Bonchev–Trinajstić information content (AvgIpc) is 3.37. The summed E-state index contributed by atoms with van der Waals surface area (Å²) in [5.41, 5.74) is 1.99. The Morgan fingerprint density at radius 3 is 2.63 bits per heavy atom. The molecular weight excluding hydrogens is 362 g/mol. The van der Waals surface area contributed by atoms with E-state index in [-0.39, 0.29) is 54.4 Å². The molecule has 2 aromatic rings. The summed E-state index contributed by atoms with van der Waals surface area (Å²) in [7, 11) is 0. The molecule has 2 fully saturated rings. The van der Waals surface area contributed by atoms with E-state index < -0.39 is 0 Å². The van der Waals surface area contributed by atoms with Crippen LogP contribution in [0.25, 0.3) is 10.2 Å². The summed E-state index contributed by atoms with van der Waals surface area (Å²) in [5.74, 6) is -0.464. The molecule has 0 spiro atoms. The van der Waals surface area contributed by atoms with Crippen molar-refractivity contribution < 1.29 is 14.4 Å². The van der Waals surface area contributed by atoms with Gasteiger partial charge in [0.05, 0.1) is 22.1 Å². The average molecular weight is 381 g/mol. The van der Waals surface area contributed by atoms with E-state index in [9.17, 15) is 14.4 Å². The Kier molecular flexibility index (Phi) is 3.69. The number of carbonyl (C=O) groups excluding carboxylic acids is 3. The van der Waals surface area contributed by atoms with E-state index in [4.69, 9.17) is 0 Å². The number of likely N-dealkylation sites (tertiary alicyclic amines) is 1. The number of amides is 3. The first kappa shape index (κ1) is 16.6. The Bertz CT molecular complexity index is 981. The molecule has 1 aromatic heterocycles. The highest BCUT2D eigenvalue weighted by molar-refractivity contribution is 7.22. The third-order valence-corrected chi connectivity index (χ3v) is 6.85. The van der Waals surface area contributed by atoms with E-state index >= 15 is 0 Å². The van der Waals surface area contributed by atoms with Crippen molar-refractivity contribution in [3.05, 3.63) is 35.9 Å². The normalized spacial score (nSPS) is 28.4. The largest absolute Gasteiger partial charge is 0.302 e. The molecule has 6 nitrogen and oxygen atoms in total. The lowest BCUT2D eigenvalue weighted by atomic mass is 9.85. The molecule has 0 radical (unpaired) electrons. The molecule has 3 amide bonds. The molecule has 3 aliphatic rings. The van der Waals surface area contributed by atoms with Crippen molar-refractivity contribution in [1.82, 2.24) is 9.88 Å². The molecular formula is C20H19N3O3S. The molecule has 1 saturated heterocycles. The molecule has 4 atom stereocenters. The van der Waals surface area contributed by atoms with Gasteiger partial charge in [0, 0.05) is 13.0 Å². The van der Waals surface area contributed by atoms with E-state index in [0.717, 1.165) is 22.2 Å². The minimum atomic E-state index is -0.232. The van der Waals surface area contributed by atoms with Gasteiger partial charge < -0.3 is 5.32 Å². The van der Waals surface area contributed by atoms with Crippen molar-refractivity contribution in [1.29, 1.82) is 0 Å². The van der Waals surface area contributed by atoms with Crippen LogP contribution in [0.15, 0.2) is 30.4 Å². The van der Waals surface area contributed by atoms with Crippen molar-refractivity contribution >= 4 is 44.4 Å². The monoisotopic (exact) mass is 381 g/mol. The number of nitrogens with one attached hydrogen (secondary N) is 1. The lowest BCUT2D eigenvalue weighted by Crippen LogP contribution is -2.35.